The highest BCUT2D eigenvalue weighted by atomic mass is 16.1. The van der Waals surface area contributed by atoms with Gasteiger partial charge in [0.15, 0.2) is 17.7 Å². The molecule has 0 atom stereocenters. The second kappa shape index (κ2) is 3.02. The first kappa shape index (κ1) is 8.55. The molecule has 2 aromatic rings. The van der Waals surface area contributed by atoms with Crippen LogP contribution in [-0.2, 0) is 0 Å². The van der Waals surface area contributed by atoms with Gasteiger partial charge in [0.1, 0.15) is 0 Å². The molecule has 70 valence electrons. The van der Waals surface area contributed by atoms with Crippen LogP contribution in [0.25, 0.3) is 5.65 Å². The predicted molar refractivity (Wildman–Crippen MR) is 48.4 cm³/mol. The molecule has 0 saturated carbocycles. The minimum absolute atomic E-state index is 0.0387. The lowest BCUT2D eigenvalue weighted by molar-refractivity contribution is 0.101. The summed E-state index contributed by atoms with van der Waals surface area (Å²) in [6.07, 6.45) is 2.17. The lowest BCUT2D eigenvalue weighted by atomic mass is 10.2. The Bertz CT molecular complexity index is 516. The lowest BCUT2D eigenvalue weighted by Gasteiger charge is -1.94. The molecule has 14 heavy (non-hydrogen) atoms. The van der Waals surface area contributed by atoms with E-state index in [1.54, 1.807) is 18.3 Å². The summed E-state index contributed by atoms with van der Waals surface area (Å²) in [5, 5.41) is 3.86. The minimum Gasteiger partial charge on any atom is -0.295 e. The lowest BCUT2D eigenvalue weighted by Crippen LogP contribution is -1.94. The SMILES string of the molecule is CC(=O)c1ccn2nc(C=O)nc2c1. The van der Waals surface area contributed by atoms with Gasteiger partial charge in [-0.2, -0.15) is 0 Å². The molecule has 0 N–H and O–H groups in total. The van der Waals surface area contributed by atoms with Crippen LogP contribution in [0, 0.1) is 0 Å². The van der Waals surface area contributed by atoms with E-state index in [-0.39, 0.29) is 11.6 Å². The number of aromatic nitrogens is 3. The fourth-order valence-electron chi connectivity index (χ4n) is 1.17. The summed E-state index contributed by atoms with van der Waals surface area (Å²) < 4.78 is 1.45. The number of carbonyl (C=O) groups excluding carboxylic acids is 2. The van der Waals surface area contributed by atoms with Crippen LogP contribution in [0.4, 0.5) is 0 Å². The molecular weight excluding hydrogens is 182 g/mol. The Morgan fingerprint density at radius 3 is 3.00 bits per heavy atom. The molecule has 0 bridgehead atoms. The molecule has 0 radical (unpaired) electrons. The monoisotopic (exact) mass is 189 g/mol. The molecule has 2 rings (SSSR count). The second-order valence-corrected chi connectivity index (χ2v) is 2.86. The van der Waals surface area contributed by atoms with Crippen molar-refractivity contribution in [3.8, 4) is 0 Å². The Morgan fingerprint density at radius 2 is 2.36 bits per heavy atom. The number of aldehydes is 1. The van der Waals surface area contributed by atoms with Gasteiger partial charge in [-0.3, -0.25) is 9.59 Å². The highest BCUT2D eigenvalue weighted by Gasteiger charge is 2.04. The number of fused-ring (bicyclic) bond motifs is 1. The fraction of sp³-hybridized carbons (Fsp3) is 0.111. The summed E-state index contributed by atoms with van der Waals surface area (Å²) >= 11 is 0. The van der Waals surface area contributed by atoms with Crippen molar-refractivity contribution >= 4 is 17.7 Å². The number of ketones is 1. The topological polar surface area (TPSA) is 64.3 Å². The van der Waals surface area contributed by atoms with Crippen LogP contribution < -0.4 is 0 Å². The Morgan fingerprint density at radius 1 is 1.57 bits per heavy atom. The van der Waals surface area contributed by atoms with E-state index in [0.29, 0.717) is 17.5 Å². The summed E-state index contributed by atoms with van der Waals surface area (Å²) in [6, 6.07) is 3.24. The van der Waals surface area contributed by atoms with Gasteiger partial charge in [-0.1, -0.05) is 0 Å². The van der Waals surface area contributed by atoms with Crippen LogP contribution in [0.1, 0.15) is 27.9 Å². The highest BCUT2D eigenvalue weighted by molar-refractivity contribution is 5.94. The van der Waals surface area contributed by atoms with Crippen LogP contribution in [0.5, 0.6) is 0 Å². The molecule has 5 heteroatoms. The maximum Gasteiger partial charge on any atom is 0.214 e. The molecule has 0 unspecified atom stereocenters. The minimum atomic E-state index is -0.0387. The van der Waals surface area contributed by atoms with Gasteiger partial charge in [0.2, 0.25) is 5.82 Å². The van der Waals surface area contributed by atoms with E-state index in [2.05, 4.69) is 10.1 Å². The molecule has 2 aromatic heterocycles. The van der Waals surface area contributed by atoms with Crippen molar-refractivity contribution in [2.75, 3.05) is 0 Å². The Hall–Kier alpha value is -2.04. The Labute approximate surface area is 79.4 Å². The number of Topliss-reactive ketones (excluding diaryl/α,β-unsaturated/α-hetero) is 1. The maximum atomic E-state index is 11.0. The van der Waals surface area contributed by atoms with Crippen LogP contribution in [0.15, 0.2) is 18.3 Å². The Kier molecular flexibility index (Phi) is 1.85. The van der Waals surface area contributed by atoms with Crippen LogP contribution in [0.3, 0.4) is 0 Å². The standard InChI is InChI=1S/C9H7N3O2/c1-6(14)7-2-3-12-9(4-7)10-8(5-13)11-12/h2-5H,1H3. The zero-order valence-corrected chi connectivity index (χ0v) is 7.47. The van der Waals surface area contributed by atoms with E-state index in [1.807, 2.05) is 0 Å². The number of nitrogens with zero attached hydrogens (tertiary/aromatic N) is 3. The molecule has 0 aliphatic rings. The van der Waals surface area contributed by atoms with Crippen molar-refractivity contribution < 1.29 is 9.59 Å². The third kappa shape index (κ3) is 1.28. The summed E-state index contributed by atoms with van der Waals surface area (Å²) in [5.74, 6) is 0.0776. The predicted octanol–water partition coefficient (Wildman–Crippen LogP) is 0.744. The quantitative estimate of drug-likeness (QED) is 0.516. The first-order chi connectivity index (χ1) is 6.70. The second-order valence-electron chi connectivity index (χ2n) is 2.86. The number of pyridine rings is 1. The zero-order valence-electron chi connectivity index (χ0n) is 7.47. The van der Waals surface area contributed by atoms with E-state index in [9.17, 15) is 9.59 Å². The van der Waals surface area contributed by atoms with Gasteiger partial charge in [-0.05, 0) is 19.1 Å². The average molecular weight is 189 g/mol. The number of hydrogen-bond donors (Lipinski definition) is 0. The molecule has 0 aromatic carbocycles. The van der Waals surface area contributed by atoms with Crippen molar-refractivity contribution in [3.05, 3.63) is 29.7 Å². The molecular formula is C9H7N3O2. The van der Waals surface area contributed by atoms with Gasteiger partial charge in [0, 0.05) is 11.8 Å². The number of carbonyl (C=O) groups is 2. The molecule has 5 nitrogen and oxygen atoms in total. The maximum absolute atomic E-state index is 11.0. The molecule has 0 aliphatic heterocycles. The Balaban J connectivity index is 2.65. The summed E-state index contributed by atoms with van der Waals surface area (Å²) in [6.45, 7) is 1.48. The third-order valence-electron chi connectivity index (χ3n) is 1.87. The van der Waals surface area contributed by atoms with Gasteiger partial charge >= 0.3 is 0 Å². The van der Waals surface area contributed by atoms with Gasteiger partial charge < -0.3 is 0 Å². The molecule has 0 fully saturated rings. The van der Waals surface area contributed by atoms with Crippen LogP contribution in [0.2, 0.25) is 0 Å². The van der Waals surface area contributed by atoms with Crippen molar-refractivity contribution in [3.63, 3.8) is 0 Å². The molecule has 0 aliphatic carbocycles. The van der Waals surface area contributed by atoms with Crippen molar-refractivity contribution in [1.82, 2.24) is 14.6 Å². The zero-order chi connectivity index (χ0) is 10.1. The summed E-state index contributed by atoms with van der Waals surface area (Å²) in [5.41, 5.74) is 1.06. The first-order valence-electron chi connectivity index (χ1n) is 4.03. The molecule has 0 amide bonds. The third-order valence-corrected chi connectivity index (χ3v) is 1.87. The van der Waals surface area contributed by atoms with E-state index in [4.69, 9.17) is 0 Å². The number of hydrogen-bond acceptors (Lipinski definition) is 4. The fourth-order valence-corrected chi connectivity index (χ4v) is 1.17. The van der Waals surface area contributed by atoms with E-state index >= 15 is 0 Å². The van der Waals surface area contributed by atoms with Crippen LogP contribution in [-0.4, -0.2) is 26.7 Å². The van der Waals surface area contributed by atoms with Crippen LogP contribution >= 0.6 is 0 Å². The molecule has 0 spiro atoms. The normalized spacial score (nSPS) is 10.4. The summed E-state index contributed by atoms with van der Waals surface area (Å²) in [4.78, 5) is 25.3. The summed E-state index contributed by atoms with van der Waals surface area (Å²) in [7, 11) is 0. The van der Waals surface area contributed by atoms with Gasteiger partial charge in [-0.25, -0.2) is 9.50 Å². The highest BCUT2D eigenvalue weighted by Crippen LogP contribution is 2.05. The van der Waals surface area contributed by atoms with Crippen molar-refractivity contribution in [2.24, 2.45) is 0 Å². The average Bonchev–Trinajstić information content (AvgIpc) is 2.58. The smallest absolute Gasteiger partial charge is 0.214 e. The van der Waals surface area contributed by atoms with Gasteiger partial charge in [0.05, 0.1) is 0 Å². The molecule has 0 saturated heterocycles. The van der Waals surface area contributed by atoms with E-state index in [0.717, 1.165) is 0 Å². The van der Waals surface area contributed by atoms with E-state index < -0.39 is 0 Å². The van der Waals surface area contributed by atoms with E-state index in [1.165, 1.54) is 11.4 Å². The van der Waals surface area contributed by atoms with Crippen molar-refractivity contribution in [2.45, 2.75) is 6.92 Å². The van der Waals surface area contributed by atoms with Gasteiger partial charge in [-0.15, -0.1) is 5.10 Å². The van der Waals surface area contributed by atoms with Crippen molar-refractivity contribution in [1.29, 1.82) is 0 Å². The largest absolute Gasteiger partial charge is 0.295 e. The molecule has 2 heterocycles. The first-order valence-corrected chi connectivity index (χ1v) is 4.03. The van der Waals surface area contributed by atoms with Gasteiger partial charge in [0.25, 0.3) is 0 Å². The number of rotatable bonds is 2.